The topological polar surface area (TPSA) is 44.1 Å². The largest absolute Gasteiger partial charge is 0.368 e. The third-order valence-corrected chi connectivity index (χ3v) is 3.95. The van der Waals surface area contributed by atoms with E-state index in [4.69, 9.17) is 5.26 Å². The van der Waals surface area contributed by atoms with E-state index in [-0.39, 0.29) is 5.78 Å². The van der Waals surface area contributed by atoms with Crippen LogP contribution in [0, 0.1) is 17.2 Å². The SMILES string of the molecule is CC(=O)c1ccc(C#N)cc1N1CCC(C)CC1C. The molecule has 0 saturated carbocycles. The molecule has 2 rings (SSSR count). The molecule has 0 aliphatic carbocycles. The minimum absolute atomic E-state index is 0.0605. The number of ketones is 1. The van der Waals surface area contributed by atoms with Crippen LogP contribution in [0.15, 0.2) is 18.2 Å². The van der Waals surface area contributed by atoms with E-state index in [0.29, 0.717) is 11.6 Å². The van der Waals surface area contributed by atoms with E-state index in [1.54, 1.807) is 19.1 Å². The van der Waals surface area contributed by atoms with Crippen molar-refractivity contribution >= 4 is 11.5 Å². The summed E-state index contributed by atoms with van der Waals surface area (Å²) in [6, 6.07) is 7.92. The molecule has 1 aromatic carbocycles. The van der Waals surface area contributed by atoms with E-state index in [9.17, 15) is 4.79 Å². The molecule has 2 atom stereocenters. The van der Waals surface area contributed by atoms with Crippen molar-refractivity contribution in [1.82, 2.24) is 0 Å². The van der Waals surface area contributed by atoms with Crippen LogP contribution in [0.2, 0.25) is 0 Å². The molecule has 1 aliphatic heterocycles. The summed E-state index contributed by atoms with van der Waals surface area (Å²) in [4.78, 5) is 14.0. The summed E-state index contributed by atoms with van der Waals surface area (Å²) in [7, 11) is 0. The number of nitriles is 1. The molecular weight excluding hydrogens is 236 g/mol. The first-order chi connectivity index (χ1) is 9.02. The molecule has 1 saturated heterocycles. The molecule has 0 bridgehead atoms. The lowest BCUT2D eigenvalue weighted by molar-refractivity contribution is 0.101. The van der Waals surface area contributed by atoms with E-state index >= 15 is 0 Å². The van der Waals surface area contributed by atoms with Crippen molar-refractivity contribution in [2.75, 3.05) is 11.4 Å². The van der Waals surface area contributed by atoms with Crippen molar-refractivity contribution in [2.45, 2.75) is 39.7 Å². The summed E-state index contributed by atoms with van der Waals surface area (Å²) in [6.45, 7) is 7.00. The Morgan fingerprint density at radius 1 is 1.42 bits per heavy atom. The number of carbonyl (C=O) groups is 1. The number of hydrogen-bond donors (Lipinski definition) is 0. The number of rotatable bonds is 2. The van der Waals surface area contributed by atoms with Gasteiger partial charge in [0.2, 0.25) is 0 Å². The second kappa shape index (κ2) is 5.44. The number of Topliss-reactive ketones (excluding diaryl/α,β-unsaturated/α-hetero) is 1. The molecule has 1 fully saturated rings. The minimum atomic E-state index is 0.0605. The van der Waals surface area contributed by atoms with Gasteiger partial charge in [-0.15, -0.1) is 0 Å². The summed E-state index contributed by atoms with van der Waals surface area (Å²) < 4.78 is 0. The Kier molecular flexibility index (Phi) is 3.90. The van der Waals surface area contributed by atoms with Gasteiger partial charge in [0, 0.05) is 23.8 Å². The van der Waals surface area contributed by atoms with Crippen molar-refractivity contribution < 1.29 is 4.79 Å². The molecule has 100 valence electrons. The maximum atomic E-state index is 11.8. The predicted molar refractivity (Wildman–Crippen MR) is 76.4 cm³/mol. The number of anilines is 1. The average Bonchev–Trinajstić information content (AvgIpc) is 2.38. The van der Waals surface area contributed by atoms with Gasteiger partial charge >= 0.3 is 0 Å². The molecule has 3 heteroatoms. The van der Waals surface area contributed by atoms with Gasteiger partial charge in [-0.3, -0.25) is 4.79 Å². The van der Waals surface area contributed by atoms with E-state index in [0.717, 1.165) is 36.6 Å². The third-order valence-electron chi connectivity index (χ3n) is 3.95. The zero-order valence-electron chi connectivity index (χ0n) is 11.8. The van der Waals surface area contributed by atoms with Crippen LogP contribution >= 0.6 is 0 Å². The third kappa shape index (κ3) is 2.78. The predicted octanol–water partition coefficient (Wildman–Crippen LogP) is 3.39. The Labute approximate surface area is 114 Å². The monoisotopic (exact) mass is 256 g/mol. The smallest absolute Gasteiger partial charge is 0.161 e. The molecular formula is C16H20N2O. The Bertz CT molecular complexity index is 530. The standard InChI is InChI=1S/C16H20N2O/c1-11-6-7-18(12(2)8-11)16-9-14(10-17)4-5-15(16)13(3)19/h4-5,9,11-12H,6-8H2,1-3H3. The zero-order chi connectivity index (χ0) is 14.0. The van der Waals surface area contributed by atoms with Gasteiger partial charge in [0.25, 0.3) is 0 Å². The fourth-order valence-corrected chi connectivity index (χ4v) is 2.90. The first-order valence-electron chi connectivity index (χ1n) is 6.84. The van der Waals surface area contributed by atoms with Crippen molar-refractivity contribution in [3.8, 4) is 6.07 Å². The summed E-state index contributed by atoms with van der Waals surface area (Å²) in [5, 5.41) is 9.04. The second-order valence-corrected chi connectivity index (χ2v) is 5.57. The first-order valence-corrected chi connectivity index (χ1v) is 6.84. The Morgan fingerprint density at radius 2 is 2.16 bits per heavy atom. The van der Waals surface area contributed by atoms with E-state index < -0.39 is 0 Å². The van der Waals surface area contributed by atoms with Gasteiger partial charge in [-0.25, -0.2) is 0 Å². The van der Waals surface area contributed by atoms with Gasteiger partial charge in [0.1, 0.15) is 0 Å². The molecule has 1 aliphatic rings. The molecule has 0 amide bonds. The molecule has 3 nitrogen and oxygen atoms in total. The highest BCUT2D eigenvalue weighted by Crippen LogP contribution is 2.31. The van der Waals surface area contributed by atoms with E-state index in [1.807, 2.05) is 6.07 Å². The number of nitrogens with zero attached hydrogens (tertiary/aromatic N) is 2. The summed E-state index contributed by atoms with van der Waals surface area (Å²) in [5.74, 6) is 0.788. The molecule has 0 aromatic heterocycles. The van der Waals surface area contributed by atoms with Crippen LogP contribution in [-0.2, 0) is 0 Å². The van der Waals surface area contributed by atoms with Gasteiger partial charge in [-0.1, -0.05) is 6.92 Å². The van der Waals surface area contributed by atoms with Crippen molar-refractivity contribution in [3.05, 3.63) is 29.3 Å². The van der Waals surface area contributed by atoms with Crippen LogP contribution in [0.5, 0.6) is 0 Å². The molecule has 19 heavy (non-hydrogen) atoms. The minimum Gasteiger partial charge on any atom is -0.368 e. The summed E-state index contributed by atoms with van der Waals surface area (Å²) in [5.41, 5.74) is 2.26. The molecule has 1 heterocycles. The van der Waals surface area contributed by atoms with Crippen LogP contribution in [-0.4, -0.2) is 18.4 Å². The highest BCUT2D eigenvalue weighted by molar-refractivity contribution is 6.00. The molecule has 2 unspecified atom stereocenters. The maximum absolute atomic E-state index is 11.8. The molecule has 0 N–H and O–H groups in total. The lowest BCUT2D eigenvalue weighted by atomic mass is 9.92. The fourth-order valence-electron chi connectivity index (χ4n) is 2.90. The van der Waals surface area contributed by atoms with Crippen molar-refractivity contribution in [3.63, 3.8) is 0 Å². The maximum Gasteiger partial charge on any atom is 0.161 e. The lowest BCUT2D eigenvalue weighted by Gasteiger charge is -2.39. The quantitative estimate of drug-likeness (QED) is 0.762. The van der Waals surface area contributed by atoms with Crippen LogP contribution in [0.25, 0.3) is 0 Å². The Balaban J connectivity index is 2.42. The second-order valence-electron chi connectivity index (χ2n) is 5.57. The van der Waals surface area contributed by atoms with Gasteiger partial charge in [-0.05, 0) is 50.8 Å². The van der Waals surface area contributed by atoms with Gasteiger partial charge in [0.15, 0.2) is 5.78 Å². The van der Waals surface area contributed by atoms with E-state index in [2.05, 4.69) is 24.8 Å². The first kappa shape index (κ1) is 13.6. The average molecular weight is 256 g/mol. The summed E-state index contributed by atoms with van der Waals surface area (Å²) >= 11 is 0. The van der Waals surface area contributed by atoms with Crippen LogP contribution in [0.3, 0.4) is 0 Å². The number of carbonyl (C=O) groups excluding carboxylic acids is 1. The van der Waals surface area contributed by atoms with Gasteiger partial charge < -0.3 is 4.90 Å². The fraction of sp³-hybridized carbons (Fsp3) is 0.500. The van der Waals surface area contributed by atoms with Gasteiger partial charge in [-0.2, -0.15) is 5.26 Å². The van der Waals surface area contributed by atoms with Crippen LogP contribution in [0.4, 0.5) is 5.69 Å². The Morgan fingerprint density at radius 3 is 2.74 bits per heavy atom. The molecule has 0 spiro atoms. The van der Waals surface area contributed by atoms with Crippen molar-refractivity contribution in [1.29, 1.82) is 5.26 Å². The highest BCUT2D eigenvalue weighted by Gasteiger charge is 2.25. The summed E-state index contributed by atoms with van der Waals surface area (Å²) in [6.07, 6.45) is 2.27. The Hall–Kier alpha value is -1.82. The molecule has 1 aromatic rings. The van der Waals surface area contributed by atoms with Gasteiger partial charge in [0.05, 0.1) is 11.6 Å². The number of benzene rings is 1. The normalized spacial score (nSPS) is 22.9. The number of hydrogen-bond acceptors (Lipinski definition) is 3. The van der Waals surface area contributed by atoms with Crippen LogP contribution in [0.1, 0.15) is 49.5 Å². The van der Waals surface area contributed by atoms with Crippen molar-refractivity contribution in [2.24, 2.45) is 5.92 Å². The van der Waals surface area contributed by atoms with E-state index in [1.165, 1.54) is 0 Å². The molecule has 0 radical (unpaired) electrons. The lowest BCUT2D eigenvalue weighted by Crippen LogP contribution is -2.41. The van der Waals surface area contributed by atoms with Crippen LogP contribution < -0.4 is 4.90 Å². The highest BCUT2D eigenvalue weighted by atomic mass is 16.1. The zero-order valence-corrected chi connectivity index (χ0v) is 11.8. The number of piperidine rings is 1.